The van der Waals surface area contributed by atoms with E-state index in [4.69, 9.17) is 0 Å². The molecule has 0 bridgehead atoms. The minimum atomic E-state index is -0.831. The summed E-state index contributed by atoms with van der Waals surface area (Å²) in [6.45, 7) is 3.66. The molecule has 0 radical (unpaired) electrons. The molecular formula is C14H19N3OS. The van der Waals surface area contributed by atoms with Crippen LogP contribution in [0.1, 0.15) is 18.2 Å². The maximum atomic E-state index is 11.4. The van der Waals surface area contributed by atoms with Gasteiger partial charge in [-0.25, -0.2) is 0 Å². The van der Waals surface area contributed by atoms with Crippen LogP contribution in [-0.2, 0) is 29.6 Å². The second-order valence-electron chi connectivity index (χ2n) is 4.37. The number of para-hydroxylation sites is 1. The van der Waals surface area contributed by atoms with Gasteiger partial charge >= 0.3 is 0 Å². The van der Waals surface area contributed by atoms with Gasteiger partial charge in [0.1, 0.15) is 0 Å². The first kappa shape index (κ1) is 13.8. The third kappa shape index (κ3) is 3.67. The molecule has 0 amide bonds. The lowest BCUT2D eigenvalue weighted by Crippen LogP contribution is -2.09. The molecule has 0 fully saturated rings. The molecule has 4 nitrogen and oxygen atoms in total. The lowest BCUT2D eigenvalue weighted by molar-refractivity contribution is 0.627. The van der Waals surface area contributed by atoms with Crippen LogP contribution in [0.3, 0.4) is 0 Å². The number of hydrogen-bond acceptors (Lipinski definition) is 3. The topological polar surface area (TPSA) is 46.9 Å². The molecule has 2 rings (SSSR count). The molecule has 1 atom stereocenters. The van der Waals surface area contributed by atoms with Crippen LogP contribution in [0.25, 0.3) is 0 Å². The van der Waals surface area contributed by atoms with E-state index in [1.165, 1.54) is 0 Å². The minimum absolute atomic E-state index is 0.580. The van der Waals surface area contributed by atoms with Crippen molar-refractivity contribution in [3.63, 3.8) is 0 Å². The van der Waals surface area contributed by atoms with E-state index in [1.807, 2.05) is 41.2 Å². The minimum Gasteiger partial charge on any atom is -0.379 e. The number of nitrogens with one attached hydrogen (secondary N) is 1. The van der Waals surface area contributed by atoms with E-state index in [0.29, 0.717) is 5.75 Å². The average Bonchev–Trinajstić information content (AvgIpc) is 2.84. The molecule has 2 aromatic rings. The fraction of sp³-hybridized carbons (Fsp3) is 0.357. The van der Waals surface area contributed by atoms with Crippen LogP contribution in [0, 0.1) is 0 Å². The number of nitrogens with zero attached hydrogens (tertiary/aromatic N) is 2. The van der Waals surface area contributed by atoms with E-state index in [-0.39, 0.29) is 0 Å². The van der Waals surface area contributed by atoms with Crippen molar-refractivity contribution >= 4 is 16.5 Å². The van der Waals surface area contributed by atoms with Crippen LogP contribution in [0.5, 0.6) is 0 Å². The van der Waals surface area contributed by atoms with Crippen LogP contribution in [0.4, 0.5) is 5.69 Å². The molecule has 0 aliphatic carbocycles. The summed E-state index contributed by atoms with van der Waals surface area (Å²) < 4.78 is 13.3. The summed E-state index contributed by atoms with van der Waals surface area (Å²) in [7, 11) is -0.831. The van der Waals surface area contributed by atoms with Crippen LogP contribution in [-0.4, -0.2) is 20.2 Å². The summed E-state index contributed by atoms with van der Waals surface area (Å²) in [5.41, 5.74) is 3.28. The SMILES string of the molecule is CCn1nccc1CNc1ccccc1CS(C)=O. The van der Waals surface area contributed by atoms with Gasteiger partial charge in [-0.1, -0.05) is 18.2 Å². The quantitative estimate of drug-likeness (QED) is 0.882. The molecule has 102 valence electrons. The molecule has 1 aromatic heterocycles. The van der Waals surface area contributed by atoms with Gasteiger partial charge in [0.25, 0.3) is 0 Å². The Balaban J connectivity index is 2.09. The standard InChI is InChI=1S/C14H19N3OS/c1-3-17-13(8-9-16-17)10-15-14-7-5-4-6-12(14)11-19(2)18/h4-9,15H,3,10-11H2,1-2H3. The summed E-state index contributed by atoms with van der Waals surface area (Å²) in [6, 6.07) is 10.0. The summed E-state index contributed by atoms with van der Waals surface area (Å²) in [5, 5.41) is 7.65. The second-order valence-corrected chi connectivity index (χ2v) is 5.80. The first-order valence-corrected chi connectivity index (χ1v) is 8.06. The van der Waals surface area contributed by atoms with Crippen LogP contribution >= 0.6 is 0 Å². The molecule has 5 heteroatoms. The van der Waals surface area contributed by atoms with Crippen molar-refractivity contribution in [1.82, 2.24) is 9.78 Å². The van der Waals surface area contributed by atoms with Crippen molar-refractivity contribution in [2.45, 2.75) is 25.8 Å². The molecule has 1 N–H and O–H groups in total. The molecule has 1 aromatic carbocycles. The fourth-order valence-corrected chi connectivity index (χ4v) is 2.71. The van der Waals surface area contributed by atoms with Gasteiger partial charge in [-0.3, -0.25) is 8.89 Å². The Morgan fingerprint density at radius 3 is 2.84 bits per heavy atom. The summed E-state index contributed by atoms with van der Waals surface area (Å²) in [6.07, 6.45) is 3.54. The third-order valence-electron chi connectivity index (χ3n) is 2.94. The van der Waals surface area contributed by atoms with Crippen LogP contribution in [0.2, 0.25) is 0 Å². The first-order chi connectivity index (χ1) is 9.20. The number of anilines is 1. The zero-order valence-electron chi connectivity index (χ0n) is 11.3. The van der Waals surface area contributed by atoms with Crippen molar-refractivity contribution in [2.75, 3.05) is 11.6 Å². The van der Waals surface area contributed by atoms with E-state index in [0.717, 1.165) is 30.0 Å². The summed E-state index contributed by atoms with van der Waals surface area (Å²) in [5.74, 6) is 0.580. The molecule has 0 saturated carbocycles. The smallest absolute Gasteiger partial charge is 0.0575 e. The van der Waals surface area contributed by atoms with E-state index >= 15 is 0 Å². The molecule has 1 unspecified atom stereocenters. The Hall–Kier alpha value is -1.62. The average molecular weight is 277 g/mol. The van der Waals surface area contributed by atoms with Crippen LogP contribution in [0.15, 0.2) is 36.5 Å². The number of aryl methyl sites for hydroxylation is 1. The van der Waals surface area contributed by atoms with Gasteiger partial charge < -0.3 is 5.32 Å². The molecular weight excluding hydrogens is 258 g/mol. The van der Waals surface area contributed by atoms with Gasteiger partial charge in [-0.2, -0.15) is 5.10 Å². The highest BCUT2D eigenvalue weighted by atomic mass is 32.2. The molecule has 0 aliphatic rings. The Morgan fingerprint density at radius 1 is 1.32 bits per heavy atom. The van der Waals surface area contributed by atoms with Crippen molar-refractivity contribution in [1.29, 1.82) is 0 Å². The van der Waals surface area contributed by atoms with Crippen molar-refractivity contribution < 1.29 is 4.21 Å². The van der Waals surface area contributed by atoms with E-state index in [1.54, 1.807) is 6.26 Å². The van der Waals surface area contributed by atoms with E-state index in [9.17, 15) is 4.21 Å². The van der Waals surface area contributed by atoms with Gasteiger partial charge in [0.05, 0.1) is 18.0 Å². The molecule has 1 heterocycles. The van der Waals surface area contributed by atoms with Crippen molar-refractivity contribution in [3.05, 3.63) is 47.8 Å². The second kappa shape index (κ2) is 6.52. The Morgan fingerprint density at radius 2 is 2.11 bits per heavy atom. The zero-order chi connectivity index (χ0) is 13.7. The Bertz CT molecular complexity index is 565. The normalized spacial score (nSPS) is 12.3. The number of rotatable bonds is 6. The molecule has 0 aliphatic heterocycles. The highest BCUT2D eigenvalue weighted by molar-refractivity contribution is 7.83. The van der Waals surface area contributed by atoms with Gasteiger partial charge in [-0.05, 0) is 24.6 Å². The Kier molecular flexibility index (Phi) is 4.74. The van der Waals surface area contributed by atoms with Gasteiger partial charge in [-0.15, -0.1) is 0 Å². The van der Waals surface area contributed by atoms with Gasteiger partial charge in [0, 0.05) is 35.5 Å². The molecule has 0 saturated heterocycles. The molecule has 0 spiro atoms. The van der Waals surface area contributed by atoms with E-state index < -0.39 is 10.8 Å². The third-order valence-corrected chi connectivity index (χ3v) is 3.66. The number of hydrogen-bond donors (Lipinski definition) is 1. The van der Waals surface area contributed by atoms with Gasteiger partial charge in [0.15, 0.2) is 0 Å². The highest BCUT2D eigenvalue weighted by Gasteiger charge is 2.05. The van der Waals surface area contributed by atoms with E-state index in [2.05, 4.69) is 17.3 Å². The van der Waals surface area contributed by atoms with Crippen LogP contribution < -0.4 is 5.32 Å². The monoisotopic (exact) mass is 277 g/mol. The number of benzene rings is 1. The lowest BCUT2D eigenvalue weighted by atomic mass is 10.2. The lowest BCUT2D eigenvalue weighted by Gasteiger charge is -2.12. The van der Waals surface area contributed by atoms with Crippen molar-refractivity contribution in [2.24, 2.45) is 0 Å². The fourth-order valence-electron chi connectivity index (χ4n) is 2.02. The highest BCUT2D eigenvalue weighted by Crippen LogP contribution is 2.17. The van der Waals surface area contributed by atoms with Gasteiger partial charge in [0.2, 0.25) is 0 Å². The number of aromatic nitrogens is 2. The van der Waals surface area contributed by atoms with Crippen molar-refractivity contribution in [3.8, 4) is 0 Å². The first-order valence-electron chi connectivity index (χ1n) is 6.33. The molecule has 19 heavy (non-hydrogen) atoms. The summed E-state index contributed by atoms with van der Waals surface area (Å²) >= 11 is 0. The largest absolute Gasteiger partial charge is 0.379 e. The predicted molar refractivity (Wildman–Crippen MR) is 79.4 cm³/mol. The zero-order valence-corrected chi connectivity index (χ0v) is 12.1. The maximum absolute atomic E-state index is 11.4. The maximum Gasteiger partial charge on any atom is 0.0575 e. The Labute approximate surface area is 116 Å². The predicted octanol–water partition coefficient (Wildman–Crippen LogP) is 2.39. The summed E-state index contributed by atoms with van der Waals surface area (Å²) in [4.78, 5) is 0.